The molecule has 0 unspecified atom stereocenters. The molecule has 1 aliphatic heterocycles. The molecule has 2 aromatic rings. The Hall–Kier alpha value is -1.75. The normalized spacial score (nSPS) is 18.1. The average molecular weight is 302 g/mol. The van der Waals surface area contributed by atoms with Crippen molar-refractivity contribution in [3.63, 3.8) is 0 Å². The number of ether oxygens (including phenoxy) is 2. The van der Waals surface area contributed by atoms with Gasteiger partial charge in [-0.15, -0.1) is 0 Å². The SMILES string of the molecule is CCOc1ccc2c(c1)-c1nc(N)sc1C1(CCCC1)O2. The van der Waals surface area contributed by atoms with Gasteiger partial charge in [-0.1, -0.05) is 11.3 Å². The molecule has 1 aromatic heterocycles. The van der Waals surface area contributed by atoms with Gasteiger partial charge in [-0.05, 0) is 50.8 Å². The Bertz CT molecular complexity index is 690. The summed E-state index contributed by atoms with van der Waals surface area (Å²) in [5, 5.41) is 0.615. The summed E-state index contributed by atoms with van der Waals surface area (Å²) in [6, 6.07) is 5.98. The van der Waals surface area contributed by atoms with Gasteiger partial charge in [-0.2, -0.15) is 0 Å². The van der Waals surface area contributed by atoms with E-state index in [9.17, 15) is 0 Å². The molecule has 21 heavy (non-hydrogen) atoms. The van der Waals surface area contributed by atoms with Crippen molar-refractivity contribution in [3.05, 3.63) is 23.1 Å². The lowest BCUT2D eigenvalue weighted by atomic mass is 9.92. The van der Waals surface area contributed by atoms with Crippen LogP contribution >= 0.6 is 11.3 Å². The Balaban J connectivity index is 1.88. The Labute approximate surface area is 127 Å². The molecule has 1 saturated carbocycles. The standard InChI is InChI=1S/C16H18N2O2S/c1-2-19-10-5-6-12-11(9-10)13-14(21-15(17)18-13)16(20-12)7-3-4-8-16/h5-6,9H,2-4,7-8H2,1H3,(H2,17,18). The number of nitrogens with two attached hydrogens (primary N) is 1. The number of thiazole rings is 1. The second kappa shape index (κ2) is 4.63. The Morgan fingerprint density at radius 1 is 1.38 bits per heavy atom. The average Bonchev–Trinajstić information content (AvgIpc) is 3.08. The van der Waals surface area contributed by atoms with Crippen molar-refractivity contribution in [1.82, 2.24) is 4.98 Å². The van der Waals surface area contributed by atoms with Gasteiger partial charge in [0.2, 0.25) is 0 Å². The van der Waals surface area contributed by atoms with Crippen LogP contribution in [0.4, 0.5) is 5.13 Å². The number of fused-ring (bicyclic) bond motifs is 4. The molecule has 0 amide bonds. The minimum Gasteiger partial charge on any atom is -0.494 e. The predicted octanol–water partition coefficient (Wildman–Crippen LogP) is 3.95. The maximum absolute atomic E-state index is 6.41. The van der Waals surface area contributed by atoms with Gasteiger partial charge in [0.15, 0.2) is 5.13 Å². The number of anilines is 1. The van der Waals surface area contributed by atoms with Crippen LogP contribution in [0, 0.1) is 0 Å². The van der Waals surface area contributed by atoms with E-state index in [0.29, 0.717) is 11.7 Å². The van der Waals surface area contributed by atoms with Crippen molar-refractivity contribution in [2.45, 2.75) is 38.2 Å². The third kappa shape index (κ3) is 1.91. The van der Waals surface area contributed by atoms with Crippen molar-refractivity contribution >= 4 is 16.5 Å². The van der Waals surface area contributed by atoms with E-state index in [4.69, 9.17) is 15.2 Å². The predicted molar refractivity (Wildman–Crippen MR) is 83.9 cm³/mol. The van der Waals surface area contributed by atoms with E-state index >= 15 is 0 Å². The van der Waals surface area contributed by atoms with Gasteiger partial charge < -0.3 is 15.2 Å². The summed E-state index contributed by atoms with van der Waals surface area (Å²) >= 11 is 1.57. The van der Waals surface area contributed by atoms with E-state index < -0.39 is 0 Å². The maximum Gasteiger partial charge on any atom is 0.180 e. The molecule has 1 spiro atoms. The number of rotatable bonds is 2. The van der Waals surface area contributed by atoms with Crippen molar-refractivity contribution in [1.29, 1.82) is 0 Å². The lowest BCUT2D eigenvalue weighted by Gasteiger charge is -2.34. The van der Waals surface area contributed by atoms with Crippen LogP contribution in [-0.2, 0) is 5.60 Å². The second-order valence-corrected chi connectivity index (χ2v) is 6.65. The van der Waals surface area contributed by atoms with Gasteiger partial charge in [0, 0.05) is 5.56 Å². The lowest BCUT2D eigenvalue weighted by Crippen LogP contribution is -2.31. The van der Waals surface area contributed by atoms with Crippen LogP contribution in [0.25, 0.3) is 11.3 Å². The zero-order valence-electron chi connectivity index (χ0n) is 12.0. The third-order valence-electron chi connectivity index (χ3n) is 4.29. The summed E-state index contributed by atoms with van der Waals surface area (Å²) in [5.74, 6) is 1.75. The van der Waals surface area contributed by atoms with E-state index in [1.807, 2.05) is 25.1 Å². The molecular formula is C16H18N2O2S. The summed E-state index contributed by atoms with van der Waals surface area (Å²) in [7, 11) is 0. The molecule has 1 fully saturated rings. The van der Waals surface area contributed by atoms with Gasteiger partial charge in [0.05, 0.1) is 17.2 Å². The first-order valence-corrected chi connectivity index (χ1v) is 8.26. The van der Waals surface area contributed by atoms with Crippen LogP contribution in [0.5, 0.6) is 11.5 Å². The smallest absolute Gasteiger partial charge is 0.180 e. The number of benzene rings is 1. The Morgan fingerprint density at radius 2 is 2.19 bits per heavy atom. The fraction of sp³-hybridized carbons (Fsp3) is 0.438. The number of nitrogen functional groups attached to an aromatic ring is 1. The van der Waals surface area contributed by atoms with E-state index in [0.717, 1.165) is 35.6 Å². The lowest BCUT2D eigenvalue weighted by molar-refractivity contribution is 0.0747. The van der Waals surface area contributed by atoms with Gasteiger partial charge in [0.25, 0.3) is 0 Å². The van der Waals surface area contributed by atoms with Crippen LogP contribution in [0.3, 0.4) is 0 Å². The monoisotopic (exact) mass is 302 g/mol. The number of nitrogens with zero attached hydrogens (tertiary/aromatic N) is 1. The first-order chi connectivity index (χ1) is 10.2. The zero-order chi connectivity index (χ0) is 14.4. The quantitative estimate of drug-likeness (QED) is 0.912. The Kier molecular flexibility index (Phi) is 2.85. The summed E-state index contributed by atoms with van der Waals surface area (Å²) in [6.07, 6.45) is 4.50. The van der Waals surface area contributed by atoms with Crippen LogP contribution in [0.2, 0.25) is 0 Å². The molecule has 2 N–H and O–H groups in total. The van der Waals surface area contributed by atoms with Gasteiger partial charge in [-0.3, -0.25) is 0 Å². The molecule has 4 nitrogen and oxygen atoms in total. The van der Waals surface area contributed by atoms with E-state index in [-0.39, 0.29) is 5.60 Å². The van der Waals surface area contributed by atoms with E-state index in [1.165, 1.54) is 17.7 Å². The summed E-state index contributed by atoms with van der Waals surface area (Å²) in [5.41, 5.74) is 7.77. The molecule has 110 valence electrons. The highest BCUT2D eigenvalue weighted by Crippen LogP contribution is 2.54. The number of aromatic nitrogens is 1. The molecule has 5 heteroatoms. The first kappa shape index (κ1) is 13.0. The molecule has 0 bridgehead atoms. The van der Waals surface area contributed by atoms with Crippen LogP contribution in [0.1, 0.15) is 37.5 Å². The highest BCUT2D eigenvalue weighted by atomic mass is 32.1. The molecular weight excluding hydrogens is 284 g/mol. The zero-order valence-corrected chi connectivity index (χ0v) is 12.8. The van der Waals surface area contributed by atoms with Crippen LogP contribution in [0.15, 0.2) is 18.2 Å². The molecule has 0 radical (unpaired) electrons. The fourth-order valence-electron chi connectivity index (χ4n) is 3.40. The number of hydrogen-bond donors (Lipinski definition) is 1. The maximum atomic E-state index is 6.41. The summed E-state index contributed by atoms with van der Waals surface area (Å²) in [4.78, 5) is 5.77. The molecule has 1 aliphatic carbocycles. The fourth-order valence-corrected chi connectivity index (χ4v) is 4.43. The number of hydrogen-bond acceptors (Lipinski definition) is 5. The highest BCUT2D eigenvalue weighted by Gasteiger charge is 2.45. The Morgan fingerprint density at radius 3 is 2.95 bits per heavy atom. The molecule has 1 aromatic carbocycles. The van der Waals surface area contributed by atoms with Gasteiger partial charge in [0.1, 0.15) is 17.1 Å². The van der Waals surface area contributed by atoms with Crippen LogP contribution < -0.4 is 15.2 Å². The first-order valence-electron chi connectivity index (χ1n) is 7.45. The molecule has 2 aliphatic rings. The van der Waals surface area contributed by atoms with Crippen molar-refractivity contribution < 1.29 is 9.47 Å². The van der Waals surface area contributed by atoms with Crippen LogP contribution in [-0.4, -0.2) is 11.6 Å². The van der Waals surface area contributed by atoms with Crippen molar-refractivity contribution in [2.24, 2.45) is 0 Å². The molecule has 2 heterocycles. The largest absolute Gasteiger partial charge is 0.494 e. The van der Waals surface area contributed by atoms with Gasteiger partial charge in [-0.25, -0.2) is 4.98 Å². The molecule has 4 rings (SSSR count). The van der Waals surface area contributed by atoms with Crippen molar-refractivity contribution in [2.75, 3.05) is 12.3 Å². The van der Waals surface area contributed by atoms with Gasteiger partial charge >= 0.3 is 0 Å². The minimum absolute atomic E-state index is 0.204. The van der Waals surface area contributed by atoms with E-state index in [1.54, 1.807) is 11.3 Å². The second-order valence-electron chi connectivity index (χ2n) is 5.62. The summed E-state index contributed by atoms with van der Waals surface area (Å²) < 4.78 is 12.0. The molecule has 0 saturated heterocycles. The topological polar surface area (TPSA) is 57.4 Å². The summed E-state index contributed by atoms with van der Waals surface area (Å²) in [6.45, 7) is 2.63. The van der Waals surface area contributed by atoms with E-state index in [2.05, 4.69) is 4.98 Å². The van der Waals surface area contributed by atoms with Crippen molar-refractivity contribution in [3.8, 4) is 22.8 Å². The molecule has 0 atom stereocenters. The minimum atomic E-state index is -0.204. The highest BCUT2D eigenvalue weighted by molar-refractivity contribution is 7.16. The third-order valence-corrected chi connectivity index (χ3v) is 5.36.